The number of halogens is 1. The molecule has 1 aliphatic heterocycles. The molecule has 2 heterocycles. The van der Waals surface area contributed by atoms with E-state index in [2.05, 4.69) is 15.5 Å². The van der Waals surface area contributed by atoms with Gasteiger partial charge in [-0.15, -0.1) is 5.10 Å². The third-order valence-electron chi connectivity index (χ3n) is 4.25. The van der Waals surface area contributed by atoms with Crippen molar-refractivity contribution in [3.63, 3.8) is 0 Å². The Bertz CT molecular complexity index is 861. The van der Waals surface area contributed by atoms with Crippen molar-refractivity contribution in [3.05, 3.63) is 41.2 Å². The van der Waals surface area contributed by atoms with Gasteiger partial charge in [-0.05, 0) is 51.3 Å². The van der Waals surface area contributed by atoms with Crippen LogP contribution in [-0.2, 0) is 4.74 Å². The van der Waals surface area contributed by atoms with Gasteiger partial charge in [-0.2, -0.15) is 9.90 Å². The molecule has 0 radical (unpaired) electrons. The van der Waals surface area contributed by atoms with Gasteiger partial charge in [0.25, 0.3) is 5.91 Å². The lowest BCUT2D eigenvalue weighted by Gasteiger charge is -2.24. The molecule has 1 aromatic carbocycles. The zero-order valence-electron chi connectivity index (χ0n) is 16.2. The maximum atomic E-state index is 12.4. The summed E-state index contributed by atoms with van der Waals surface area (Å²) in [5.41, 5.74) is 0.385. The summed E-state index contributed by atoms with van der Waals surface area (Å²) in [7, 11) is 0. The lowest BCUT2D eigenvalue weighted by Crippen LogP contribution is -2.36. The van der Waals surface area contributed by atoms with Gasteiger partial charge in [0.1, 0.15) is 5.60 Å². The molecule has 1 atom stereocenters. The number of benzene rings is 1. The monoisotopic (exact) mass is 405 g/mol. The number of hydrogen-bond donors (Lipinski definition) is 1. The summed E-state index contributed by atoms with van der Waals surface area (Å²) in [6, 6.07) is 7.06. The molecule has 1 N–H and O–H groups in total. The normalized spacial score (nSPS) is 16.9. The van der Waals surface area contributed by atoms with Crippen LogP contribution in [-0.4, -0.2) is 57.1 Å². The van der Waals surface area contributed by atoms with E-state index >= 15 is 0 Å². The van der Waals surface area contributed by atoms with Gasteiger partial charge in [0.2, 0.25) is 0 Å². The second kappa shape index (κ2) is 8.18. The molecule has 1 fully saturated rings. The van der Waals surface area contributed by atoms with Gasteiger partial charge >= 0.3 is 6.09 Å². The number of nitrogens with zero attached hydrogens (tertiary/aromatic N) is 4. The quantitative estimate of drug-likeness (QED) is 0.844. The molecule has 1 saturated heterocycles. The van der Waals surface area contributed by atoms with Crippen molar-refractivity contribution >= 4 is 23.6 Å². The summed E-state index contributed by atoms with van der Waals surface area (Å²) in [4.78, 5) is 27.5. The van der Waals surface area contributed by atoms with Gasteiger partial charge in [-0.1, -0.05) is 17.7 Å². The first kappa shape index (κ1) is 20.1. The lowest BCUT2D eigenvalue weighted by atomic mass is 10.1. The van der Waals surface area contributed by atoms with Gasteiger partial charge in [-0.3, -0.25) is 4.79 Å². The molecule has 9 heteroatoms. The second-order valence-electron chi connectivity index (χ2n) is 7.79. The standard InChI is InChI=1S/C19H24ClN5O3/c1-19(2,3)28-18(27)24-8-7-13(12-24)10-21-17(26)16-11-22-25(23-16)15-6-4-5-14(20)9-15/h4-6,9,11,13H,7-8,10,12H2,1-3H3,(H,21,26). The van der Waals surface area contributed by atoms with E-state index in [9.17, 15) is 9.59 Å². The van der Waals surface area contributed by atoms with Crippen LogP contribution in [0.15, 0.2) is 30.5 Å². The minimum absolute atomic E-state index is 0.180. The smallest absolute Gasteiger partial charge is 0.410 e. The molecule has 2 amide bonds. The van der Waals surface area contributed by atoms with Crippen molar-refractivity contribution in [3.8, 4) is 5.69 Å². The molecule has 1 unspecified atom stereocenters. The van der Waals surface area contributed by atoms with E-state index in [1.807, 2.05) is 20.8 Å². The summed E-state index contributed by atoms with van der Waals surface area (Å²) < 4.78 is 5.39. The highest BCUT2D eigenvalue weighted by molar-refractivity contribution is 6.30. The van der Waals surface area contributed by atoms with E-state index < -0.39 is 5.60 Å². The first-order chi connectivity index (χ1) is 13.2. The van der Waals surface area contributed by atoms with Gasteiger partial charge in [0.05, 0.1) is 11.9 Å². The minimum atomic E-state index is -0.516. The molecule has 8 nitrogen and oxygen atoms in total. The Kier molecular flexibility index (Phi) is 5.88. The topological polar surface area (TPSA) is 89.4 Å². The van der Waals surface area contributed by atoms with Crippen LogP contribution >= 0.6 is 11.6 Å². The van der Waals surface area contributed by atoms with Crippen molar-refractivity contribution in [2.45, 2.75) is 32.8 Å². The van der Waals surface area contributed by atoms with E-state index in [0.29, 0.717) is 30.3 Å². The second-order valence-corrected chi connectivity index (χ2v) is 8.23. The SMILES string of the molecule is CC(C)(C)OC(=O)N1CCC(CNC(=O)c2cnn(-c3cccc(Cl)c3)n2)C1. The van der Waals surface area contributed by atoms with Crippen molar-refractivity contribution < 1.29 is 14.3 Å². The van der Waals surface area contributed by atoms with Gasteiger partial charge in [0, 0.05) is 24.7 Å². The van der Waals surface area contributed by atoms with Crippen LogP contribution in [0.1, 0.15) is 37.7 Å². The van der Waals surface area contributed by atoms with Crippen LogP contribution in [0.3, 0.4) is 0 Å². The zero-order valence-corrected chi connectivity index (χ0v) is 16.9. The van der Waals surface area contributed by atoms with E-state index in [1.54, 1.807) is 29.2 Å². The van der Waals surface area contributed by atoms with Crippen molar-refractivity contribution in [1.82, 2.24) is 25.2 Å². The Hall–Kier alpha value is -2.61. The zero-order chi connectivity index (χ0) is 20.3. The Morgan fingerprint density at radius 2 is 2.14 bits per heavy atom. The highest BCUT2D eigenvalue weighted by Gasteiger charge is 2.30. The number of likely N-dealkylation sites (tertiary alicyclic amines) is 1. The molecule has 28 heavy (non-hydrogen) atoms. The Morgan fingerprint density at radius 3 is 2.86 bits per heavy atom. The molecular formula is C19H24ClN5O3. The van der Waals surface area contributed by atoms with Crippen LogP contribution in [0.25, 0.3) is 5.69 Å². The van der Waals surface area contributed by atoms with Crippen LogP contribution < -0.4 is 5.32 Å². The van der Waals surface area contributed by atoms with E-state index in [4.69, 9.17) is 16.3 Å². The van der Waals surface area contributed by atoms with Crippen LogP contribution in [0, 0.1) is 5.92 Å². The molecule has 0 aliphatic carbocycles. The predicted octanol–water partition coefficient (Wildman–Crippen LogP) is 2.91. The maximum absolute atomic E-state index is 12.4. The number of carbonyl (C=O) groups excluding carboxylic acids is 2. The van der Waals surface area contributed by atoms with E-state index in [0.717, 1.165) is 6.42 Å². The Labute approximate surface area is 168 Å². The first-order valence-electron chi connectivity index (χ1n) is 9.16. The number of hydrogen-bond acceptors (Lipinski definition) is 5. The largest absolute Gasteiger partial charge is 0.444 e. The fraction of sp³-hybridized carbons (Fsp3) is 0.474. The molecular weight excluding hydrogens is 382 g/mol. The average molecular weight is 406 g/mol. The number of ether oxygens (including phenoxy) is 1. The Balaban J connectivity index is 1.51. The van der Waals surface area contributed by atoms with Crippen LogP contribution in [0.5, 0.6) is 0 Å². The van der Waals surface area contributed by atoms with E-state index in [-0.39, 0.29) is 23.6 Å². The summed E-state index contributed by atoms with van der Waals surface area (Å²) in [5.74, 6) is -0.122. The molecule has 0 spiro atoms. The average Bonchev–Trinajstić information content (AvgIpc) is 3.28. The van der Waals surface area contributed by atoms with E-state index in [1.165, 1.54) is 11.0 Å². The van der Waals surface area contributed by atoms with Gasteiger partial charge < -0.3 is 15.0 Å². The van der Waals surface area contributed by atoms with Crippen LogP contribution in [0.2, 0.25) is 5.02 Å². The third kappa shape index (κ3) is 5.22. The number of rotatable bonds is 4. The summed E-state index contributed by atoms with van der Waals surface area (Å²) in [5, 5.41) is 11.7. The maximum Gasteiger partial charge on any atom is 0.410 e. The molecule has 150 valence electrons. The Morgan fingerprint density at radius 1 is 1.36 bits per heavy atom. The highest BCUT2D eigenvalue weighted by Crippen LogP contribution is 2.19. The number of nitrogens with one attached hydrogen (secondary N) is 1. The van der Waals surface area contributed by atoms with Gasteiger partial charge in [0.15, 0.2) is 5.69 Å². The van der Waals surface area contributed by atoms with Gasteiger partial charge in [-0.25, -0.2) is 4.79 Å². The van der Waals surface area contributed by atoms with Crippen molar-refractivity contribution in [2.75, 3.05) is 19.6 Å². The fourth-order valence-electron chi connectivity index (χ4n) is 2.91. The molecule has 0 saturated carbocycles. The molecule has 1 aliphatic rings. The third-order valence-corrected chi connectivity index (χ3v) is 4.49. The number of carbonyl (C=O) groups is 2. The molecule has 0 bridgehead atoms. The predicted molar refractivity (Wildman–Crippen MR) is 105 cm³/mol. The van der Waals surface area contributed by atoms with Crippen LogP contribution in [0.4, 0.5) is 4.79 Å². The lowest BCUT2D eigenvalue weighted by molar-refractivity contribution is 0.0288. The summed E-state index contributed by atoms with van der Waals surface area (Å²) in [6.07, 6.45) is 1.91. The first-order valence-corrected chi connectivity index (χ1v) is 9.53. The summed E-state index contributed by atoms with van der Waals surface area (Å²) in [6.45, 7) is 7.17. The molecule has 1 aromatic heterocycles. The number of aromatic nitrogens is 3. The number of amides is 2. The highest BCUT2D eigenvalue weighted by atomic mass is 35.5. The molecule has 3 rings (SSSR count). The van der Waals surface area contributed by atoms with Crippen molar-refractivity contribution in [1.29, 1.82) is 0 Å². The minimum Gasteiger partial charge on any atom is -0.444 e. The van der Waals surface area contributed by atoms with Crippen molar-refractivity contribution in [2.24, 2.45) is 5.92 Å². The molecule has 2 aromatic rings. The summed E-state index contributed by atoms with van der Waals surface area (Å²) >= 11 is 5.97. The fourth-order valence-corrected chi connectivity index (χ4v) is 3.10.